The lowest BCUT2D eigenvalue weighted by molar-refractivity contribution is 0.562. The van der Waals surface area contributed by atoms with Crippen LogP contribution in [0.4, 0.5) is 0 Å². The van der Waals surface area contributed by atoms with Crippen molar-refractivity contribution in [3.8, 4) is 0 Å². The van der Waals surface area contributed by atoms with Gasteiger partial charge in [-0.15, -0.1) is 5.10 Å². The van der Waals surface area contributed by atoms with Crippen LogP contribution in [0.3, 0.4) is 0 Å². The third kappa shape index (κ3) is 3.96. The van der Waals surface area contributed by atoms with Gasteiger partial charge in [0.2, 0.25) is 0 Å². The van der Waals surface area contributed by atoms with Crippen molar-refractivity contribution in [2.24, 2.45) is 5.73 Å². The van der Waals surface area contributed by atoms with Crippen LogP contribution in [0.25, 0.3) is 0 Å². The van der Waals surface area contributed by atoms with E-state index < -0.39 is 9.84 Å². The highest BCUT2D eigenvalue weighted by atomic mass is 32.2. The zero-order valence-corrected chi connectivity index (χ0v) is 9.57. The van der Waals surface area contributed by atoms with Crippen LogP contribution in [0.2, 0.25) is 0 Å². The first-order valence-corrected chi connectivity index (χ1v) is 6.69. The molecule has 1 heterocycles. The number of sulfone groups is 1. The second-order valence-electron chi connectivity index (χ2n) is 3.27. The van der Waals surface area contributed by atoms with E-state index in [1.165, 1.54) is 0 Å². The Bertz CT molecular complexity index is 399. The van der Waals surface area contributed by atoms with Gasteiger partial charge in [-0.25, -0.2) is 8.42 Å². The molecule has 0 amide bonds. The molecule has 0 aliphatic heterocycles. The van der Waals surface area contributed by atoms with Gasteiger partial charge in [0, 0.05) is 25.0 Å². The standard InChI is InChI=1S/C8H16N4O2S/c1-2-15(13,14)5-3-4-12-7-8(6-9)10-11-12/h7H,2-6,9H2,1H3. The van der Waals surface area contributed by atoms with Crippen molar-refractivity contribution in [1.82, 2.24) is 15.0 Å². The van der Waals surface area contributed by atoms with Crippen LogP contribution in [-0.4, -0.2) is 34.9 Å². The summed E-state index contributed by atoms with van der Waals surface area (Å²) in [7, 11) is -2.87. The SMILES string of the molecule is CCS(=O)(=O)CCCn1cc(CN)nn1. The number of hydrogen-bond donors (Lipinski definition) is 1. The van der Waals surface area contributed by atoms with Gasteiger partial charge in [-0.1, -0.05) is 12.1 Å². The van der Waals surface area contributed by atoms with E-state index in [0.29, 0.717) is 25.2 Å². The molecule has 7 heteroatoms. The molecule has 0 aliphatic carbocycles. The molecule has 86 valence electrons. The zero-order chi connectivity index (χ0) is 11.3. The van der Waals surface area contributed by atoms with Gasteiger partial charge in [0.05, 0.1) is 11.4 Å². The molecule has 2 N–H and O–H groups in total. The van der Waals surface area contributed by atoms with Gasteiger partial charge in [0.25, 0.3) is 0 Å². The molecule has 15 heavy (non-hydrogen) atoms. The van der Waals surface area contributed by atoms with E-state index in [4.69, 9.17) is 5.73 Å². The van der Waals surface area contributed by atoms with Gasteiger partial charge in [0.15, 0.2) is 0 Å². The molecule has 0 spiro atoms. The Balaban J connectivity index is 2.38. The van der Waals surface area contributed by atoms with Crippen molar-refractivity contribution in [3.63, 3.8) is 0 Å². The summed E-state index contributed by atoms with van der Waals surface area (Å²) in [5, 5.41) is 7.63. The first kappa shape index (κ1) is 12.1. The van der Waals surface area contributed by atoms with E-state index in [0.717, 1.165) is 0 Å². The van der Waals surface area contributed by atoms with E-state index in [-0.39, 0.29) is 11.5 Å². The number of nitrogens with zero attached hydrogens (tertiary/aromatic N) is 3. The van der Waals surface area contributed by atoms with Crippen LogP contribution in [0.15, 0.2) is 6.20 Å². The Morgan fingerprint density at radius 2 is 2.27 bits per heavy atom. The summed E-state index contributed by atoms with van der Waals surface area (Å²) in [6, 6.07) is 0. The normalized spacial score (nSPS) is 11.9. The second kappa shape index (κ2) is 5.22. The quantitative estimate of drug-likeness (QED) is 0.718. The molecule has 1 rings (SSSR count). The van der Waals surface area contributed by atoms with Crippen LogP contribution in [0.5, 0.6) is 0 Å². The molecule has 0 radical (unpaired) electrons. The van der Waals surface area contributed by atoms with E-state index in [1.54, 1.807) is 17.8 Å². The number of nitrogens with two attached hydrogens (primary N) is 1. The van der Waals surface area contributed by atoms with Gasteiger partial charge >= 0.3 is 0 Å². The minimum absolute atomic E-state index is 0.193. The third-order valence-electron chi connectivity index (χ3n) is 2.08. The third-order valence-corrected chi connectivity index (χ3v) is 3.87. The molecule has 0 saturated heterocycles. The van der Waals surface area contributed by atoms with Crippen LogP contribution >= 0.6 is 0 Å². The molecule has 1 aromatic rings. The van der Waals surface area contributed by atoms with Crippen LogP contribution in [0.1, 0.15) is 19.0 Å². The maximum Gasteiger partial charge on any atom is 0.150 e. The first-order valence-electron chi connectivity index (χ1n) is 4.87. The van der Waals surface area contributed by atoms with E-state index >= 15 is 0 Å². The lowest BCUT2D eigenvalue weighted by Crippen LogP contribution is -2.11. The Kier molecular flexibility index (Phi) is 4.22. The molecular weight excluding hydrogens is 216 g/mol. The predicted octanol–water partition coefficient (Wildman–Crippen LogP) is -0.438. The average Bonchev–Trinajstić information content (AvgIpc) is 2.66. The minimum atomic E-state index is -2.87. The Morgan fingerprint density at radius 3 is 2.80 bits per heavy atom. The van der Waals surface area contributed by atoms with Crippen molar-refractivity contribution >= 4 is 9.84 Å². The summed E-state index contributed by atoms with van der Waals surface area (Å²) in [5.41, 5.74) is 6.09. The molecule has 0 atom stereocenters. The number of rotatable bonds is 6. The molecule has 0 aromatic carbocycles. The summed E-state index contributed by atoms with van der Waals surface area (Å²) in [6.07, 6.45) is 2.29. The predicted molar refractivity (Wildman–Crippen MR) is 56.9 cm³/mol. The fraction of sp³-hybridized carbons (Fsp3) is 0.750. The highest BCUT2D eigenvalue weighted by Crippen LogP contribution is 1.97. The van der Waals surface area contributed by atoms with Gasteiger partial charge in [-0.3, -0.25) is 4.68 Å². The van der Waals surface area contributed by atoms with Crippen LogP contribution < -0.4 is 5.73 Å². The van der Waals surface area contributed by atoms with E-state index in [2.05, 4.69) is 10.3 Å². The summed E-state index contributed by atoms with van der Waals surface area (Å²) in [5.74, 6) is 0.389. The number of aryl methyl sites for hydroxylation is 1. The van der Waals surface area contributed by atoms with Crippen molar-refractivity contribution in [1.29, 1.82) is 0 Å². The van der Waals surface area contributed by atoms with Gasteiger partial charge < -0.3 is 5.73 Å². The first-order chi connectivity index (χ1) is 7.07. The number of aromatic nitrogens is 3. The highest BCUT2D eigenvalue weighted by molar-refractivity contribution is 7.91. The molecule has 1 aromatic heterocycles. The second-order valence-corrected chi connectivity index (χ2v) is 5.74. The molecule has 0 saturated carbocycles. The Hall–Kier alpha value is -0.950. The summed E-state index contributed by atoms with van der Waals surface area (Å²) in [4.78, 5) is 0. The van der Waals surface area contributed by atoms with Crippen molar-refractivity contribution in [2.45, 2.75) is 26.4 Å². The van der Waals surface area contributed by atoms with Crippen LogP contribution in [0, 0.1) is 0 Å². The molecule has 0 unspecified atom stereocenters. The van der Waals surface area contributed by atoms with Crippen molar-refractivity contribution < 1.29 is 8.42 Å². The molecule has 0 bridgehead atoms. The van der Waals surface area contributed by atoms with Crippen LogP contribution in [-0.2, 0) is 22.9 Å². The maximum atomic E-state index is 11.2. The fourth-order valence-electron chi connectivity index (χ4n) is 1.13. The van der Waals surface area contributed by atoms with Gasteiger partial charge in [0.1, 0.15) is 9.84 Å². The van der Waals surface area contributed by atoms with Gasteiger partial charge in [-0.05, 0) is 6.42 Å². The molecule has 6 nitrogen and oxygen atoms in total. The van der Waals surface area contributed by atoms with Crippen molar-refractivity contribution in [2.75, 3.05) is 11.5 Å². The maximum absolute atomic E-state index is 11.2. The largest absolute Gasteiger partial charge is 0.325 e. The lowest BCUT2D eigenvalue weighted by atomic mass is 10.4. The van der Waals surface area contributed by atoms with E-state index in [9.17, 15) is 8.42 Å². The van der Waals surface area contributed by atoms with E-state index in [1.807, 2.05) is 0 Å². The summed E-state index contributed by atoms with van der Waals surface area (Å²) < 4.78 is 24.0. The molecular formula is C8H16N4O2S. The zero-order valence-electron chi connectivity index (χ0n) is 8.76. The topological polar surface area (TPSA) is 90.9 Å². The monoisotopic (exact) mass is 232 g/mol. The highest BCUT2D eigenvalue weighted by Gasteiger charge is 2.07. The smallest absolute Gasteiger partial charge is 0.150 e. The molecule has 0 fully saturated rings. The summed E-state index contributed by atoms with van der Waals surface area (Å²) in [6.45, 7) is 2.57. The molecule has 0 aliphatic rings. The van der Waals surface area contributed by atoms with Gasteiger partial charge in [-0.2, -0.15) is 0 Å². The summed E-state index contributed by atoms with van der Waals surface area (Å²) >= 11 is 0. The number of hydrogen-bond acceptors (Lipinski definition) is 5. The lowest BCUT2D eigenvalue weighted by Gasteiger charge is -2.00. The van der Waals surface area contributed by atoms with Crippen molar-refractivity contribution in [3.05, 3.63) is 11.9 Å². The average molecular weight is 232 g/mol. The Morgan fingerprint density at radius 1 is 1.53 bits per heavy atom. The Labute approximate surface area is 89.4 Å². The fourth-order valence-corrected chi connectivity index (χ4v) is 1.99. The minimum Gasteiger partial charge on any atom is -0.325 e.